The smallest absolute Gasteiger partial charge is 0.115 e. The van der Waals surface area contributed by atoms with E-state index in [9.17, 15) is 5.11 Å². The van der Waals surface area contributed by atoms with Gasteiger partial charge in [-0.15, -0.1) is 0 Å². The standard InChI is InChI=1S/C16H27N3O/c1-17-15(11-13-5-7-14(20)8-6-13)16-12-18(2)9-4-10-19(16)3/h5-8,15-17,20H,4,9-12H2,1-3H3. The molecule has 1 heterocycles. The number of hydrogen-bond donors (Lipinski definition) is 2. The van der Waals surface area contributed by atoms with Gasteiger partial charge in [-0.05, 0) is 64.8 Å². The predicted molar refractivity (Wildman–Crippen MR) is 83.2 cm³/mol. The van der Waals surface area contributed by atoms with Crippen molar-refractivity contribution in [2.24, 2.45) is 0 Å². The van der Waals surface area contributed by atoms with Gasteiger partial charge < -0.3 is 20.2 Å². The summed E-state index contributed by atoms with van der Waals surface area (Å²) in [4.78, 5) is 4.90. The van der Waals surface area contributed by atoms with Crippen molar-refractivity contribution in [3.8, 4) is 5.75 Å². The van der Waals surface area contributed by atoms with Gasteiger partial charge in [0, 0.05) is 18.6 Å². The number of likely N-dealkylation sites (N-methyl/N-ethyl adjacent to an activating group) is 3. The number of benzene rings is 1. The van der Waals surface area contributed by atoms with E-state index in [1.807, 2.05) is 19.2 Å². The number of phenolic OH excluding ortho intramolecular Hbond substituents is 1. The Labute approximate surface area is 122 Å². The number of phenols is 1. The number of hydrogen-bond acceptors (Lipinski definition) is 4. The van der Waals surface area contributed by atoms with Crippen LogP contribution < -0.4 is 5.32 Å². The van der Waals surface area contributed by atoms with Crippen LogP contribution in [0.5, 0.6) is 5.75 Å². The number of nitrogens with one attached hydrogen (secondary N) is 1. The highest BCUT2D eigenvalue weighted by molar-refractivity contribution is 5.26. The van der Waals surface area contributed by atoms with Gasteiger partial charge in [-0.25, -0.2) is 0 Å². The van der Waals surface area contributed by atoms with Crippen molar-refractivity contribution in [3.05, 3.63) is 29.8 Å². The molecule has 1 aromatic rings. The second-order valence-corrected chi connectivity index (χ2v) is 5.93. The van der Waals surface area contributed by atoms with Crippen molar-refractivity contribution in [1.82, 2.24) is 15.1 Å². The van der Waals surface area contributed by atoms with Gasteiger partial charge in [0.05, 0.1) is 0 Å². The summed E-state index contributed by atoms with van der Waals surface area (Å²) in [5.74, 6) is 0.334. The summed E-state index contributed by atoms with van der Waals surface area (Å²) < 4.78 is 0. The maximum absolute atomic E-state index is 9.38. The van der Waals surface area contributed by atoms with Crippen LogP contribution >= 0.6 is 0 Å². The molecule has 0 aromatic heterocycles. The normalized spacial score (nSPS) is 23.4. The minimum atomic E-state index is 0.334. The molecule has 0 spiro atoms. The summed E-state index contributed by atoms with van der Waals surface area (Å²) in [6, 6.07) is 8.50. The van der Waals surface area contributed by atoms with E-state index in [1.165, 1.54) is 18.5 Å². The van der Waals surface area contributed by atoms with Crippen molar-refractivity contribution < 1.29 is 5.11 Å². The van der Waals surface area contributed by atoms with Crippen LogP contribution in [0.15, 0.2) is 24.3 Å². The molecule has 0 amide bonds. The van der Waals surface area contributed by atoms with Crippen molar-refractivity contribution in [3.63, 3.8) is 0 Å². The van der Waals surface area contributed by atoms with Crippen LogP contribution in [0.1, 0.15) is 12.0 Å². The first-order chi connectivity index (χ1) is 9.60. The predicted octanol–water partition coefficient (Wildman–Crippen LogP) is 1.16. The van der Waals surface area contributed by atoms with E-state index in [1.54, 1.807) is 12.1 Å². The first kappa shape index (κ1) is 15.3. The first-order valence-electron chi connectivity index (χ1n) is 7.44. The molecule has 0 radical (unpaired) electrons. The Balaban J connectivity index is 2.07. The minimum Gasteiger partial charge on any atom is -0.508 e. The van der Waals surface area contributed by atoms with E-state index in [0.717, 1.165) is 19.5 Å². The van der Waals surface area contributed by atoms with E-state index < -0.39 is 0 Å². The average molecular weight is 277 g/mol. The summed E-state index contributed by atoms with van der Waals surface area (Å²) in [6.45, 7) is 3.43. The maximum atomic E-state index is 9.38. The second kappa shape index (κ2) is 7.07. The van der Waals surface area contributed by atoms with E-state index in [2.05, 4.69) is 29.2 Å². The summed E-state index contributed by atoms with van der Waals surface area (Å²) in [5.41, 5.74) is 1.27. The van der Waals surface area contributed by atoms with E-state index in [0.29, 0.717) is 17.8 Å². The number of nitrogens with zero attached hydrogens (tertiary/aromatic N) is 2. The third kappa shape index (κ3) is 3.95. The topological polar surface area (TPSA) is 38.7 Å². The molecular weight excluding hydrogens is 250 g/mol. The van der Waals surface area contributed by atoms with Gasteiger partial charge in [0.15, 0.2) is 0 Å². The monoisotopic (exact) mass is 277 g/mol. The summed E-state index contributed by atoms with van der Waals surface area (Å²) in [5, 5.41) is 12.9. The van der Waals surface area contributed by atoms with Gasteiger partial charge in [0.25, 0.3) is 0 Å². The van der Waals surface area contributed by atoms with Crippen molar-refractivity contribution in [2.75, 3.05) is 40.8 Å². The van der Waals surface area contributed by atoms with Crippen molar-refractivity contribution >= 4 is 0 Å². The zero-order chi connectivity index (χ0) is 14.5. The first-order valence-corrected chi connectivity index (χ1v) is 7.44. The molecule has 20 heavy (non-hydrogen) atoms. The lowest BCUT2D eigenvalue weighted by atomic mass is 9.98. The molecule has 1 aromatic carbocycles. The molecule has 1 saturated heterocycles. The SMILES string of the molecule is CNC(Cc1ccc(O)cc1)C1CN(C)CCCN1C. The fourth-order valence-corrected chi connectivity index (χ4v) is 3.06. The Morgan fingerprint density at radius 1 is 1.25 bits per heavy atom. The lowest BCUT2D eigenvalue weighted by Gasteiger charge is -2.34. The number of aromatic hydroxyl groups is 1. The average Bonchev–Trinajstić information content (AvgIpc) is 2.60. The van der Waals surface area contributed by atoms with E-state index in [-0.39, 0.29) is 0 Å². The highest BCUT2D eigenvalue weighted by Gasteiger charge is 2.27. The van der Waals surface area contributed by atoms with Crippen LogP contribution in [0.25, 0.3) is 0 Å². The van der Waals surface area contributed by atoms with Gasteiger partial charge in [-0.3, -0.25) is 0 Å². The van der Waals surface area contributed by atoms with Crippen molar-refractivity contribution in [1.29, 1.82) is 0 Å². The molecule has 4 heteroatoms. The Kier molecular flexibility index (Phi) is 5.40. The zero-order valence-electron chi connectivity index (χ0n) is 12.8. The lowest BCUT2D eigenvalue weighted by molar-refractivity contribution is 0.181. The van der Waals surface area contributed by atoms with Crippen LogP contribution in [0, 0.1) is 0 Å². The summed E-state index contributed by atoms with van der Waals surface area (Å²) in [6.07, 6.45) is 2.22. The Bertz CT molecular complexity index is 407. The van der Waals surface area contributed by atoms with Crippen LogP contribution in [-0.4, -0.2) is 67.8 Å². The fraction of sp³-hybridized carbons (Fsp3) is 0.625. The fourth-order valence-electron chi connectivity index (χ4n) is 3.06. The van der Waals surface area contributed by atoms with E-state index >= 15 is 0 Å². The van der Waals surface area contributed by atoms with E-state index in [4.69, 9.17) is 0 Å². The molecule has 2 atom stereocenters. The molecular formula is C16H27N3O. The van der Waals surface area contributed by atoms with Gasteiger partial charge in [-0.2, -0.15) is 0 Å². The Morgan fingerprint density at radius 3 is 2.60 bits per heavy atom. The molecule has 4 nitrogen and oxygen atoms in total. The maximum Gasteiger partial charge on any atom is 0.115 e. The molecule has 112 valence electrons. The van der Waals surface area contributed by atoms with Gasteiger partial charge in [0.2, 0.25) is 0 Å². The molecule has 2 N–H and O–H groups in total. The summed E-state index contributed by atoms with van der Waals surface area (Å²) >= 11 is 0. The molecule has 0 aliphatic carbocycles. The summed E-state index contributed by atoms with van der Waals surface area (Å²) in [7, 11) is 6.48. The minimum absolute atomic E-state index is 0.334. The van der Waals surface area contributed by atoms with Gasteiger partial charge in [0.1, 0.15) is 5.75 Å². The van der Waals surface area contributed by atoms with Gasteiger partial charge in [-0.1, -0.05) is 12.1 Å². The molecule has 2 rings (SSSR count). The molecule has 1 aliphatic heterocycles. The highest BCUT2D eigenvalue weighted by atomic mass is 16.3. The molecule has 0 saturated carbocycles. The lowest BCUT2D eigenvalue weighted by Crippen LogP contribution is -2.52. The Hall–Kier alpha value is -1.10. The third-order valence-electron chi connectivity index (χ3n) is 4.34. The van der Waals surface area contributed by atoms with Crippen LogP contribution in [0.3, 0.4) is 0 Å². The van der Waals surface area contributed by atoms with Gasteiger partial charge >= 0.3 is 0 Å². The zero-order valence-corrected chi connectivity index (χ0v) is 12.8. The molecule has 1 fully saturated rings. The van der Waals surface area contributed by atoms with Crippen LogP contribution in [0.2, 0.25) is 0 Å². The largest absolute Gasteiger partial charge is 0.508 e. The third-order valence-corrected chi connectivity index (χ3v) is 4.34. The Morgan fingerprint density at radius 2 is 1.95 bits per heavy atom. The number of rotatable bonds is 4. The van der Waals surface area contributed by atoms with Crippen molar-refractivity contribution in [2.45, 2.75) is 24.9 Å². The highest BCUT2D eigenvalue weighted by Crippen LogP contribution is 2.16. The molecule has 0 bridgehead atoms. The second-order valence-electron chi connectivity index (χ2n) is 5.93. The van der Waals surface area contributed by atoms with Crippen LogP contribution in [-0.2, 0) is 6.42 Å². The molecule has 1 aliphatic rings. The molecule has 2 unspecified atom stereocenters. The van der Waals surface area contributed by atoms with Crippen LogP contribution in [0.4, 0.5) is 0 Å². The quantitative estimate of drug-likeness (QED) is 0.866.